The Labute approximate surface area is 166 Å². The van der Waals surface area contributed by atoms with Crippen molar-refractivity contribution in [2.24, 2.45) is 5.92 Å². The van der Waals surface area contributed by atoms with E-state index in [9.17, 15) is 5.11 Å². The van der Waals surface area contributed by atoms with E-state index in [0.29, 0.717) is 0 Å². The van der Waals surface area contributed by atoms with Crippen molar-refractivity contribution in [1.29, 1.82) is 0 Å². The van der Waals surface area contributed by atoms with Crippen molar-refractivity contribution < 1.29 is 9.84 Å². The van der Waals surface area contributed by atoms with Gasteiger partial charge in [-0.1, -0.05) is 60.8 Å². The fraction of sp³-hybridized carbons (Fsp3) is 0.478. The number of likely N-dealkylation sites (tertiary alicyclic amines) is 1. The van der Waals surface area contributed by atoms with Crippen molar-refractivity contribution in [2.45, 2.75) is 50.3 Å². The lowest BCUT2D eigenvalue weighted by Crippen LogP contribution is -2.54. The Morgan fingerprint density at radius 1 is 1.11 bits per heavy atom. The number of piperidine rings is 1. The van der Waals surface area contributed by atoms with Crippen LogP contribution in [0.25, 0.3) is 0 Å². The molecule has 2 aliphatic rings. The number of benzene rings is 2. The van der Waals surface area contributed by atoms with Crippen LogP contribution in [0.4, 0.5) is 0 Å². The number of fused-ring (bicyclic) bond motifs is 1. The zero-order valence-corrected chi connectivity index (χ0v) is 16.7. The van der Waals surface area contributed by atoms with E-state index in [1.807, 2.05) is 30.3 Å². The van der Waals surface area contributed by atoms with E-state index in [1.165, 1.54) is 12.0 Å². The van der Waals surface area contributed by atoms with Gasteiger partial charge in [0.25, 0.3) is 0 Å². The zero-order chi connectivity index (χ0) is 18.9. The summed E-state index contributed by atoms with van der Waals surface area (Å²) in [6, 6.07) is 16.5. The Kier molecular flexibility index (Phi) is 5.45. The van der Waals surface area contributed by atoms with Crippen molar-refractivity contribution >= 4 is 11.6 Å². The van der Waals surface area contributed by atoms with Gasteiger partial charge in [-0.05, 0) is 37.0 Å². The first-order valence-electron chi connectivity index (χ1n) is 9.95. The van der Waals surface area contributed by atoms with Crippen molar-refractivity contribution in [1.82, 2.24) is 4.90 Å². The summed E-state index contributed by atoms with van der Waals surface area (Å²) in [6.07, 6.45) is 5.09. The van der Waals surface area contributed by atoms with E-state index < -0.39 is 5.60 Å². The standard InChI is InChI=1S/C23H28ClNO2/c1-27-21-12-5-3-9-18(21)22-19-10-6-7-13-23(19,26)14-15-25(22)16-17-8-2-4-11-20(17)24/h2-5,8-9,11-12,19,22,26H,6-7,10,13-16H2,1H3/t19-,22-,23-/m0/s1. The van der Waals surface area contributed by atoms with Crippen molar-refractivity contribution in [3.63, 3.8) is 0 Å². The molecule has 4 rings (SSSR count). The molecule has 2 fully saturated rings. The number of hydrogen-bond acceptors (Lipinski definition) is 3. The average molecular weight is 386 g/mol. The molecule has 0 bridgehead atoms. The van der Waals surface area contributed by atoms with Gasteiger partial charge in [0.1, 0.15) is 5.75 Å². The van der Waals surface area contributed by atoms with Gasteiger partial charge in [0, 0.05) is 35.6 Å². The molecule has 1 heterocycles. The number of hydrogen-bond donors (Lipinski definition) is 1. The Bertz CT molecular complexity index is 795. The quantitative estimate of drug-likeness (QED) is 0.783. The molecule has 0 unspecified atom stereocenters. The van der Waals surface area contributed by atoms with Crippen LogP contribution in [-0.2, 0) is 6.54 Å². The molecule has 27 heavy (non-hydrogen) atoms. The Hall–Kier alpha value is -1.55. The maximum absolute atomic E-state index is 11.4. The zero-order valence-electron chi connectivity index (χ0n) is 15.9. The van der Waals surface area contributed by atoms with Crippen LogP contribution in [0.15, 0.2) is 48.5 Å². The summed E-state index contributed by atoms with van der Waals surface area (Å²) >= 11 is 6.46. The number of aliphatic hydroxyl groups is 1. The molecule has 2 aromatic carbocycles. The van der Waals surface area contributed by atoms with Gasteiger partial charge < -0.3 is 9.84 Å². The predicted molar refractivity (Wildman–Crippen MR) is 109 cm³/mol. The van der Waals surface area contributed by atoms with Gasteiger partial charge in [-0.25, -0.2) is 0 Å². The lowest BCUT2D eigenvalue weighted by Gasteiger charge is -2.53. The number of halogens is 1. The molecule has 0 spiro atoms. The molecule has 2 aromatic rings. The van der Waals surface area contributed by atoms with Crippen LogP contribution < -0.4 is 4.74 Å². The van der Waals surface area contributed by atoms with Gasteiger partial charge in [-0.2, -0.15) is 0 Å². The summed E-state index contributed by atoms with van der Waals surface area (Å²) in [5, 5.41) is 12.2. The fourth-order valence-corrected chi connectivity index (χ4v) is 5.28. The van der Waals surface area contributed by atoms with E-state index in [0.717, 1.165) is 55.1 Å². The highest BCUT2D eigenvalue weighted by Gasteiger charge is 2.49. The third kappa shape index (κ3) is 3.61. The van der Waals surface area contributed by atoms with Crippen molar-refractivity contribution in [2.75, 3.05) is 13.7 Å². The molecule has 0 amide bonds. The maximum atomic E-state index is 11.4. The topological polar surface area (TPSA) is 32.7 Å². The molecule has 0 radical (unpaired) electrons. The van der Waals surface area contributed by atoms with Gasteiger partial charge in [0.15, 0.2) is 0 Å². The number of ether oxygens (including phenoxy) is 1. The molecule has 1 aliphatic heterocycles. The first-order valence-corrected chi connectivity index (χ1v) is 10.3. The molecular weight excluding hydrogens is 358 g/mol. The molecule has 4 heteroatoms. The van der Waals surface area contributed by atoms with Crippen LogP contribution in [0.5, 0.6) is 5.75 Å². The molecule has 0 aromatic heterocycles. The van der Waals surface area contributed by atoms with E-state index in [-0.39, 0.29) is 12.0 Å². The maximum Gasteiger partial charge on any atom is 0.123 e. The summed E-state index contributed by atoms with van der Waals surface area (Å²) in [6.45, 7) is 1.65. The molecule has 144 valence electrons. The van der Waals surface area contributed by atoms with Crippen LogP contribution in [0.2, 0.25) is 5.02 Å². The summed E-state index contributed by atoms with van der Waals surface area (Å²) in [5.41, 5.74) is 1.75. The monoisotopic (exact) mass is 385 g/mol. The Morgan fingerprint density at radius 3 is 2.70 bits per heavy atom. The van der Waals surface area contributed by atoms with Crippen LogP contribution in [0.3, 0.4) is 0 Å². The third-order valence-corrected chi connectivity index (χ3v) is 6.83. The molecule has 3 atom stereocenters. The van der Waals surface area contributed by atoms with Crippen LogP contribution in [0, 0.1) is 5.92 Å². The van der Waals surface area contributed by atoms with Gasteiger partial charge in [-0.15, -0.1) is 0 Å². The molecule has 3 nitrogen and oxygen atoms in total. The highest BCUT2D eigenvalue weighted by Crippen LogP contribution is 2.51. The summed E-state index contributed by atoms with van der Waals surface area (Å²) in [4.78, 5) is 2.49. The van der Waals surface area contributed by atoms with Gasteiger partial charge >= 0.3 is 0 Å². The first kappa shape index (κ1) is 18.8. The number of methoxy groups -OCH3 is 1. The summed E-state index contributed by atoms with van der Waals surface area (Å²) in [7, 11) is 1.73. The summed E-state index contributed by atoms with van der Waals surface area (Å²) < 4.78 is 5.70. The van der Waals surface area contributed by atoms with E-state index >= 15 is 0 Å². The first-order chi connectivity index (χ1) is 13.1. The third-order valence-electron chi connectivity index (χ3n) is 6.46. The predicted octanol–water partition coefficient (Wildman–Crippen LogP) is 5.22. The lowest BCUT2D eigenvalue weighted by molar-refractivity contribution is -0.126. The van der Waals surface area contributed by atoms with Crippen LogP contribution in [-0.4, -0.2) is 29.3 Å². The van der Waals surface area contributed by atoms with E-state index in [4.69, 9.17) is 16.3 Å². The fourth-order valence-electron chi connectivity index (χ4n) is 5.09. The second kappa shape index (κ2) is 7.83. The van der Waals surface area contributed by atoms with Gasteiger partial charge in [0.05, 0.1) is 12.7 Å². The highest BCUT2D eigenvalue weighted by molar-refractivity contribution is 6.31. The lowest BCUT2D eigenvalue weighted by atomic mass is 9.66. The SMILES string of the molecule is COc1ccccc1[C@H]1[C@@H]2CCCC[C@]2(O)CCN1Cc1ccccc1Cl. The molecule has 1 saturated heterocycles. The summed E-state index contributed by atoms with van der Waals surface area (Å²) in [5.74, 6) is 1.13. The number of nitrogens with zero attached hydrogens (tertiary/aromatic N) is 1. The minimum atomic E-state index is -0.569. The van der Waals surface area contributed by atoms with E-state index in [1.54, 1.807) is 7.11 Å². The molecule has 1 aliphatic carbocycles. The van der Waals surface area contributed by atoms with E-state index in [2.05, 4.69) is 23.1 Å². The molecular formula is C23H28ClNO2. The van der Waals surface area contributed by atoms with Crippen LogP contribution in [0.1, 0.15) is 49.3 Å². The largest absolute Gasteiger partial charge is 0.496 e. The highest BCUT2D eigenvalue weighted by atomic mass is 35.5. The Balaban J connectivity index is 1.74. The number of rotatable bonds is 4. The van der Waals surface area contributed by atoms with Crippen LogP contribution >= 0.6 is 11.6 Å². The molecule has 1 N–H and O–H groups in total. The van der Waals surface area contributed by atoms with Crippen molar-refractivity contribution in [3.05, 3.63) is 64.7 Å². The van der Waals surface area contributed by atoms with Gasteiger partial charge in [-0.3, -0.25) is 4.90 Å². The number of para-hydroxylation sites is 1. The van der Waals surface area contributed by atoms with Crippen molar-refractivity contribution in [3.8, 4) is 5.75 Å². The smallest absolute Gasteiger partial charge is 0.123 e. The second-order valence-electron chi connectivity index (χ2n) is 7.95. The Morgan fingerprint density at radius 2 is 1.89 bits per heavy atom. The molecule has 1 saturated carbocycles. The minimum absolute atomic E-state index is 0.136. The van der Waals surface area contributed by atoms with Gasteiger partial charge in [0.2, 0.25) is 0 Å². The minimum Gasteiger partial charge on any atom is -0.496 e. The normalized spacial score (nSPS) is 28.6. The average Bonchev–Trinajstić information content (AvgIpc) is 2.69. The second-order valence-corrected chi connectivity index (χ2v) is 8.36.